The fourth-order valence-electron chi connectivity index (χ4n) is 3.90. The van der Waals surface area contributed by atoms with Gasteiger partial charge in [0.2, 0.25) is 5.91 Å². The summed E-state index contributed by atoms with van der Waals surface area (Å²) in [4.78, 5) is 38.6. The number of hydrogen-bond acceptors (Lipinski definition) is 4. The van der Waals surface area contributed by atoms with Gasteiger partial charge in [-0.05, 0) is 51.2 Å². The van der Waals surface area contributed by atoms with Crippen molar-refractivity contribution in [2.45, 2.75) is 53.0 Å². The molecule has 0 saturated carbocycles. The lowest BCUT2D eigenvalue weighted by Crippen LogP contribution is -2.43. The average molecular weight is 390 g/mol. The Morgan fingerprint density at radius 1 is 1.14 bits per heavy atom. The second kappa shape index (κ2) is 9.57. The van der Waals surface area contributed by atoms with Crippen molar-refractivity contribution in [3.8, 4) is 5.75 Å². The van der Waals surface area contributed by atoms with Gasteiger partial charge in [-0.1, -0.05) is 17.7 Å². The zero-order chi connectivity index (χ0) is 20.8. The summed E-state index contributed by atoms with van der Waals surface area (Å²) in [7, 11) is 0. The molecule has 1 heterocycles. The van der Waals surface area contributed by atoms with Crippen LogP contribution in [0.3, 0.4) is 0 Å². The maximum Gasteiger partial charge on any atom is 0.323 e. The van der Waals surface area contributed by atoms with E-state index in [-0.39, 0.29) is 31.0 Å². The molecule has 7 nitrogen and oxygen atoms in total. The Hall–Kier alpha value is -2.57. The zero-order valence-electron chi connectivity index (χ0n) is 17.2. The van der Waals surface area contributed by atoms with Gasteiger partial charge in [0, 0.05) is 26.1 Å². The molecule has 1 aliphatic rings. The number of carbonyl (C=O) groups excluding carboxylic acids is 2. The van der Waals surface area contributed by atoms with Gasteiger partial charge in [0.15, 0.2) is 6.61 Å². The number of ether oxygens (including phenoxy) is 1. The third-order valence-corrected chi connectivity index (χ3v) is 5.15. The van der Waals surface area contributed by atoms with Gasteiger partial charge in [-0.2, -0.15) is 0 Å². The molecule has 0 spiro atoms. The van der Waals surface area contributed by atoms with Crippen LogP contribution in [0.15, 0.2) is 12.1 Å². The third kappa shape index (κ3) is 5.71. The Morgan fingerprint density at radius 3 is 2.36 bits per heavy atom. The van der Waals surface area contributed by atoms with Crippen LogP contribution in [0.2, 0.25) is 0 Å². The van der Waals surface area contributed by atoms with Crippen LogP contribution in [0, 0.1) is 20.8 Å². The Balaban J connectivity index is 1.95. The van der Waals surface area contributed by atoms with E-state index in [0.29, 0.717) is 25.9 Å². The predicted molar refractivity (Wildman–Crippen MR) is 105 cm³/mol. The second-order valence-corrected chi connectivity index (χ2v) is 7.52. The average Bonchev–Trinajstić information content (AvgIpc) is 2.84. The molecule has 1 aromatic rings. The minimum Gasteiger partial charge on any atom is -0.483 e. The van der Waals surface area contributed by atoms with Crippen molar-refractivity contribution >= 4 is 17.8 Å². The molecular formula is C21H30N2O5. The highest BCUT2D eigenvalue weighted by Crippen LogP contribution is 2.25. The summed E-state index contributed by atoms with van der Waals surface area (Å²) in [5.41, 5.74) is 3.17. The molecular weight excluding hydrogens is 360 g/mol. The molecule has 154 valence electrons. The molecule has 1 unspecified atom stereocenters. The van der Waals surface area contributed by atoms with Crippen molar-refractivity contribution in [3.05, 3.63) is 28.8 Å². The van der Waals surface area contributed by atoms with Crippen molar-refractivity contribution < 1.29 is 24.2 Å². The molecule has 0 aliphatic carbocycles. The minimum absolute atomic E-state index is 0.0268. The quantitative estimate of drug-likeness (QED) is 0.805. The number of hydrogen-bond donors (Lipinski definition) is 1. The van der Waals surface area contributed by atoms with E-state index < -0.39 is 5.97 Å². The molecule has 2 rings (SSSR count). The number of carboxylic acid groups (broad SMARTS) is 1. The lowest BCUT2D eigenvalue weighted by molar-refractivity contribution is -0.145. The molecule has 2 amide bonds. The zero-order valence-corrected chi connectivity index (χ0v) is 17.2. The van der Waals surface area contributed by atoms with E-state index in [9.17, 15) is 14.4 Å². The molecule has 0 bridgehead atoms. The summed E-state index contributed by atoms with van der Waals surface area (Å²) in [6, 6.07) is 3.90. The molecule has 7 heteroatoms. The first-order valence-electron chi connectivity index (χ1n) is 9.66. The number of amides is 2. The first-order valence-corrected chi connectivity index (χ1v) is 9.66. The Labute approximate surface area is 166 Å². The maximum absolute atomic E-state index is 12.6. The van der Waals surface area contributed by atoms with E-state index in [1.165, 1.54) is 11.8 Å². The number of benzene rings is 1. The van der Waals surface area contributed by atoms with Crippen LogP contribution in [0.5, 0.6) is 5.75 Å². The van der Waals surface area contributed by atoms with E-state index >= 15 is 0 Å². The van der Waals surface area contributed by atoms with Gasteiger partial charge in [-0.15, -0.1) is 0 Å². The van der Waals surface area contributed by atoms with Gasteiger partial charge in [-0.3, -0.25) is 14.4 Å². The Morgan fingerprint density at radius 2 is 1.79 bits per heavy atom. The van der Waals surface area contributed by atoms with Crippen LogP contribution in [0.1, 0.15) is 42.9 Å². The molecule has 1 aliphatic heterocycles. The van der Waals surface area contributed by atoms with Crippen LogP contribution in [-0.2, 0) is 14.4 Å². The number of nitrogens with zero attached hydrogens (tertiary/aromatic N) is 2. The lowest BCUT2D eigenvalue weighted by Gasteiger charge is -2.28. The van der Waals surface area contributed by atoms with Gasteiger partial charge < -0.3 is 19.6 Å². The Kier molecular flexibility index (Phi) is 7.43. The fourth-order valence-corrected chi connectivity index (χ4v) is 3.90. The highest BCUT2D eigenvalue weighted by molar-refractivity contribution is 5.80. The molecule has 0 aromatic heterocycles. The number of rotatable bonds is 6. The number of carbonyl (C=O) groups is 3. The summed E-state index contributed by atoms with van der Waals surface area (Å²) in [6.45, 7) is 8.09. The van der Waals surface area contributed by atoms with Gasteiger partial charge in [0.05, 0.1) is 0 Å². The standard InChI is InChI=1S/C21H30N2O5/c1-14-10-15(2)21(16(3)11-14)28-13-19(25)22-8-5-6-18(7-9-22)23(17(4)24)12-20(26)27/h10-11,18H,5-9,12-13H2,1-4H3,(H,26,27). The molecule has 1 N–H and O–H groups in total. The minimum atomic E-state index is -1.02. The SMILES string of the molecule is CC(=O)N(CC(=O)O)C1CCCN(C(=O)COc2c(C)cc(C)cc2C)CC1. The van der Waals surface area contributed by atoms with Crippen LogP contribution in [-0.4, -0.2) is 65.0 Å². The van der Waals surface area contributed by atoms with Crippen LogP contribution in [0.25, 0.3) is 0 Å². The first-order chi connectivity index (χ1) is 13.2. The highest BCUT2D eigenvalue weighted by Gasteiger charge is 2.27. The molecule has 28 heavy (non-hydrogen) atoms. The molecule has 1 aromatic carbocycles. The smallest absolute Gasteiger partial charge is 0.323 e. The van der Waals surface area contributed by atoms with Gasteiger partial charge >= 0.3 is 5.97 Å². The number of carboxylic acids is 1. The van der Waals surface area contributed by atoms with E-state index in [2.05, 4.69) is 0 Å². The fraction of sp³-hybridized carbons (Fsp3) is 0.571. The number of likely N-dealkylation sites (tertiary alicyclic amines) is 1. The monoisotopic (exact) mass is 390 g/mol. The van der Waals surface area contributed by atoms with Gasteiger partial charge in [0.1, 0.15) is 12.3 Å². The molecule has 0 radical (unpaired) electrons. The van der Waals surface area contributed by atoms with E-state index in [1.807, 2.05) is 32.9 Å². The Bertz CT molecular complexity index is 723. The normalized spacial score (nSPS) is 17.0. The summed E-state index contributed by atoms with van der Waals surface area (Å²) >= 11 is 0. The van der Waals surface area contributed by atoms with Gasteiger partial charge in [-0.25, -0.2) is 0 Å². The van der Waals surface area contributed by atoms with E-state index in [1.54, 1.807) is 4.90 Å². The summed E-state index contributed by atoms with van der Waals surface area (Å²) < 4.78 is 5.81. The highest BCUT2D eigenvalue weighted by atomic mass is 16.5. The van der Waals surface area contributed by atoms with Crippen molar-refractivity contribution in [2.24, 2.45) is 0 Å². The van der Waals surface area contributed by atoms with Crippen LogP contribution < -0.4 is 4.74 Å². The van der Waals surface area contributed by atoms with Crippen molar-refractivity contribution in [2.75, 3.05) is 26.2 Å². The van der Waals surface area contributed by atoms with Crippen LogP contribution >= 0.6 is 0 Å². The third-order valence-electron chi connectivity index (χ3n) is 5.15. The van der Waals surface area contributed by atoms with Crippen molar-refractivity contribution in [1.29, 1.82) is 0 Å². The number of aryl methyl sites for hydroxylation is 3. The van der Waals surface area contributed by atoms with Crippen molar-refractivity contribution in [1.82, 2.24) is 9.80 Å². The van der Waals surface area contributed by atoms with E-state index in [4.69, 9.17) is 9.84 Å². The summed E-state index contributed by atoms with van der Waals surface area (Å²) in [5.74, 6) is -0.617. The van der Waals surface area contributed by atoms with Crippen LogP contribution in [0.4, 0.5) is 0 Å². The second-order valence-electron chi connectivity index (χ2n) is 7.52. The summed E-state index contributed by atoms with van der Waals surface area (Å²) in [5, 5.41) is 9.04. The van der Waals surface area contributed by atoms with E-state index in [0.717, 1.165) is 28.9 Å². The molecule has 1 saturated heterocycles. The molecule has 1 atom stereocenters. The topological polar surface area (TPSA) is 87.2 Å². The lowest BCUT2D eigenvalue weighted by atomic mass is 10.1. The van der Waals surface area contributed by atoms with Gasteiger partial charge in [0.25, 0.3) is 5.91 Å². The number of aliphatic carboxylic acids is 1. The largest absolute Gasteiger partial charge is 0.483 e. The maximum atomic E-state index is 12.6. The first kappa shape index (κ1) is 21.7. The molecule has 1 fully saturated rings. The summed E-state index contributed by atoms with van der Waals surface area (Å²) in [6.07, 6.45) is 1.98. The van der Waals surface area contributed by atoms with Crippen molar-refractivity contribution in [3.63, 3.8) is 0 Å². The predicted octanol–water partition coefficient (Wildman–Crippen LogP) is 2.30.